The van der Waals surface area contributed by atoms with E-state index in [2.05, 4.69) is 43.8 Å². The monoisotopic (exact) mass is 359 g/mol. The van der Waals surface area contributed by atoms with E-state index in [1.54, 1.807) is 6.07 Å². The number of halogens is 1. The van der Waals surface area contributed by atoms with Crippen LogP contribution < -0.4 is 0 Å². The lowest BCUT2D eigenvalue weighted by Crippen LogP contribution is -2.40. The van der Waals surface area contributed by atoms with Crippen molar-refractivity contribution in [1.29, 1.82) is 5.26 Å². The van der Waals surface area contributed by atoms with Crippen LogP contribution in [0.1, 0.15) is 43.4 Å². The van der Waals surface area contributed by atoms with Gasteiger partial charge in [-0.25, -0.2) is 9.37 Å². The molecule has 0 atom stereocenters. The van der Waals surface area contributed by atoms with Crippen molar-refractivity contribution in [2.45, 2.75) is 58.4 Å². The molecule has 0 aliphatic heterocycles. The first kappa shape index (κ1) is 19.4. The molecule has 0 saturated carbocycles. The molecule has 0 fully saturated rings. The Morgan fingerprint density at radius 3 is 2.60 bits per heavy atom. The van der Waals surface area contributed by atoms with Gasteiger partial charge in [-0.05, 0) is 42.2 Å². The van der Waals surface area contributed by atoms with Gasteiger partial charge in [-0.3, -0.25) is 0 Å². The number of hydrogen-bond donors (Lipinski definition) is 1. The quantitative estimate of drug-likeness (QED) is 0.759. The van der Waals surface area contributed by atoms with Crippen molar-refractivity contribution < 1.29 is 8.82 Å². The molecular weight excluding hydrogens is 333 g/mol. The van der Waals surface area contributed by atoms with Crippen LogP contribution in [0.2, 0.25) is 18.1 Å². The summed E-state index contributed by atoms with van der Waals surface area (Å²) in [5, 5.41) is 8.94. The van der Waals surface area contributed by atoms with Crippen molar-refractivity contribution in [3.8, 4) is 6.07 Å². The topological polar surface area (TPSA) is 61.7 Å². The highest BCUT2D eigenvalue weighted by Crippen LogP contribution is 2.36. The Balaban J connectivity index is 1.92. The van der Waals surface area contributed by atoms with E-state index in [0.717, 1.165) is 17.1 Å². The van der Waals surface area contributed by atoms with Gasteiger partial charge in [0.1, 0.15) is 17.7 Å². The summed E-state index contributed by atoms with van der Waals surface area (Å²) in [5.41, 5.74) is 1.89. The minimum Gasteiger partial charge on any atom is -0.411 e. The van der Waals surface area contributed by atoms with Gasteiger partial charge in [0.05, 0.1) is 24.1 Å². The number of H-pyrrole nitrogens is 1. The third-order valence-corrected chi connectivity index (χ3v) is 9.36. The van der Waals surface area contributed by atoms with Crippen molar-refractivity contribution in [2.75, 3.05) is 0 Å². The molecule has 1 aromatic heterocycles. The molecule has 6 heteroatoms. The van der Waals surface area contributed by atoms with Crippen LogP contribution in [0.5, 0.6) is 0 Å². The van der Waals surface area contributed by atoms with Gasteiger partial charge in [0.15, 0.2) is 8.32 Å². The number of nitrogens with zero attached hydrogens (tertiary/aromatic N) is 2. The summed E-state index contributed by atoms with van der Waals surface area (Å²) in [6.45, 7) is 11.6. The Hall–Kier alpha value is -1.97. The van der Waals surface area contributed by atoms with Crippen LogP contribution in [0.15, 0.2) is 24.4 Å². The zero-order chi connectivity index (χ0) is 18.7. The number of benzene rings is 1. The predicted octanol–water partition coefficient (Wildman–Crippen LogP) is 4.73. The van der Waals surface area contributed by atoms with Crippen molar-refractivity contribution in [2.24, 2.45) is 0 Å². The molecule has 0 radical (unpaired) electrons. The second-order valence-corrected chi connectivity index (χ2v) is 12.6. The first-order chi connectivity index (χ1) is 11.6. The first-order valence-corrected chi connectivity index (χ1v) is 11.4. The lowest BCUT2D eigenvalue weighted by Gasteiger charge is -2.35. The van der Waals surface area contributed by atoms with Gasteiger partial charge < -0.3 is 9.41 Å². The molecule has 1 heterocycles. The van der Waals surface area contributed by atoms with Crippen LogP contribution >= 0.6 is 0 Å². The molecule has 25 heavy (non-hydrogen) atoms. The molecule has 4 nitrogen and oxygen atoms in total. The normalized spacial score (nSPS) is 12.2. The fraction of sp³-hybridized carbons (Fsp3) is 0.474. The summed E-state index contributed by atoms with van der Waals surface area (Å²) in [6, 6.07) is 6.55. The molecule has 2 rings (SSSR count). The number of aromatic nitrogens is 2. The highest BCUT2D eigenvalue weighted by molar-refractivity contribution is 6.74. The van der Waals surface area contributed by atoms with E-state index in [9.17, 15) is 4.39 Å². The Morgan fingerprint density at radius 2 is 2.00 bits per heavy atom. The lowest BCUT2D eigenvalue weighted by molar-refractivity contribution is 0.272. The average molecular weight is 360 g/mol. The van der Waals surface area contributed by atoms with E-state index in [0.29, 0.717) is 19.4 Å². The van der Waals surface area contributed by atoms with Gasteiger partial charge in [0.2, 0.25) is 0 Å². The number of imidazole rings is 1. The minimum absolute atomic E-state index is 0.0758. The summed E-state index contributed by atoms with van der Waals surface area (Å²) >= 11 is 0. The third kappa shape index (κ3) is 5.00. The number of aromatic amines is 1. The largest absolute Gasteiger partial charge is 0.411 e. The van der Waals surface area contributed by atoms with Gasteiger partial charge in [0, 0.05) is 6.42 Å². The SMILES string of the molecule is CC(C)(C)[Si](C)(C)OCc1cnc(CCc2ccc(C#N)c(F)c2)[nH]1. The maximum Gasteiger partial charge on any atom is 0.192 e. The zero-order valence-corrected chi connectivity index (χ0v) is 16.6. The molecule has 0 unspecified atom stereocenters. The van der Waals surface area contributed by atoms with E-state index in [4.69, 9.17) is 9.69 Å². The van der Waals surface area contributed by atoms with Crippen LogP contribution in [0.4, 0.5) is 4.39 Å². The molecule has 2 aromatic rings. The zero-order valence-electron chi connectivity index (χ0n) is 15.6. The summed E-state index contributed by atoms with van der Waals surface area (Å²) in [6.07, 6.45) is 3.16. The number of hydrogen-bond acceptors (Lipinski definition) is 3. The van der Waals surface area contributed by atoms with Gasteiger partial charge in [0.25, 0.3) is 0 Å². The van der Waals surface area contributed by atoms with E-state index in [1.165, 1.54) is 12.1 Å². The van der Waals surface area contributed by atoms with Crippen LogP contribution in [0.25, 0.3) is 0 Å². The third-order valence-electron chi connectivity index (χ3n) is 4.88. The molecule has 0 saturated heterocycles. The van der Waals surface area contributed by atoms with Crippen molar-refractivity contribution >= 4 is 8.32 Å². The molecule has 0 aliphatic carbocycles. The summed E-state index contributed by atoms with van der Waals surface area (Å²) in [5.74, 6) is 0.390. The van der Waals surface area contributed by atoms with Crippen LogP contribution in [-0.2, 0) is 23.9 Å². The van der Waals surface area contributed by atoms with Crippen molar-refractivity contribution in [1.82, 2.24) is 9.97 Å². The Bertz CT molecular complexity index is 772. The van der Waals surface area contributed by atoms with Gasteiger partial charge in [-0.2, -0.15) is 5.26 Å². The highest BCUT2D eigenvalue weighted by Gasteiger charge is 2.37. The van der Waals surface area contributed by atoms with E-state index < -0.39 is 14.1 Å². The maximum atomic E-state index is 13.6. The summed E-state index contributed by atoms with van der Waals surface area (Å²) < 4.78 is 19.8. The second-order valence-electron chi connectivity index (χ2n) is 7.83. The average Bonchev–Trinajstić information content (AvgIpc) is 2.98. The molecular formula is C19H26FN3OSi. The van der Waals surface area contributed by atoms with Crippen molar-refractivity contribution in [3.05, 3.63) is 52.9 Å². The smallest absolute Gasteiger partial charge is 0.192 e. The van der Waals surface area contributed by atoms with Crippen LogP contribution in [0, 0.1) is 17.1 Å². The fourth-order valence-electron chi connectivity index (χ4n) is 2.15. The number of aryl methyl sites for hydroxylation is 2. The molecule has 0 amide bonds. The fourth-order valence-corrected chi connectivity index (χ4v) is 3.10. The van der Waals surface area contributed by atoms with E-state index in [-0.39, 0.29) is 10.6 Å². The highest BCUT2D eigenvalue weighted by atomic mass is 28.4. The lowest BCUT2D eigenvalue weighted by atomic mass is 10.1. The molecule has 0 bridgehead atoms. The Morgan fingerprint density at radius 1 is 1.28 bits per heavy atom. The molecule has 0 spiro atoms. The second kappa shape index (κ2) is 7.50. The summed E-state index contributed by atoms with van der Waals surface area (Å²) in [7, 11) is -1.78. The standard InChI is InChI=1S/C19H26FN3OSi/c1-19(2,3)25(4,5)24-13-16-12-22-18(23-16)9-7-14-6-8-15(11-21)17(20)10-14/h6,8,10,12H,7,9,13H2,1-5H3,(H,22,23). The van der Waals surface area contributed by atoms with E-state index >= 15 is 0 Å². The summed E-state index contributed by atoms with van der Waals surface area (Å²) in [4.78, 5) is 7.67. The minimum atomic E-state index is -1.78. The number of nitrogens with one attached hydrogen (secondary N) is 1. The van der Waals surface area contributed by atoms with Gasteiger partial charge in [-0.15, -0.1) is 0 Å². The van der Waals surface area contributed by atoms with Gasteiger partial charge in [-0.1, -0.05) is 26.8 Å². The number of rotatable bonds is 6. The van der Waals surface area contributed by atoms with Crippen LogP contribution in [0.3, 0.4) is 0 Å². The molecule has 0 aliphatic rings. The first-order valence-electron chi connectivity index (χ1n) is 8.47. The Kier molecular flexibility index (Phi) is 5.81. The number of nitriles is 1. The molecule has 1 N–H and O–H groups in total. The van der Waals surface area contributed by atoms with Crippen molar-refractivity contribution in [3.63, 3.8) is 0 Å². The Labute approximate surface area is 150 Å². The molecule has 134 valence electrons. The predicted molar refractivity (Wildman–Crippen MR) is 99.1 cm³/mol. The molecule has 1 aromatic carbocycles. The maximum absolute atomic E-state index is 13.6. The van der Waals surface area contributed by atoms with Crippen LogP contribution in [-0.4, -0.2) is 18.3 Å². The van der Waals surface area contributed by atoms with Gasteiger partial charge >= 0.3 is 0 Å². The van der Waals surface area contributed by atoms with E-state index in [1.807, 2.05) is 12.3 Å².